The van der Waals surface area contributed by atoms with Crippen LogP contribution in [0.1, 0.15) is 5.56 Å². The molecule has 0 radical (unpaired) electrons. The van der Waals surface area contributed by atoms with Crippen LogP contribution in [0.25, 0.3) is 0 Å². The zero-order chi connectivity index (χ0) is 10.2. The fraction of sp³-hybridized carbons (Fsp3) is 0. The molecule has 0 heterocycles. The molecule has 0 aliphatic heterocycles. The predicted octanol–water partition coefficient (Wildman–Crippen LogP) is 1.88. The first-order valence-corrected chi connectivity index (χ1v) is 3.48. The molecule has 0 aliphatic carbocycles. The molecule has 70 valence electrons. The summed E-state index contributed by atoms with van der Waals surface area (Å²) in [6, 6.07) is 0.0897. The maximum Gasteiger partial charge on any atom is 0.172 e. The minimum atomic E-state index is -1.58. The van der Waals surface area contributed by atoms with E-state index in [1.165, 1.54) is 0 Å². The SMILES string of the molecule is NC(=S)c1c(F)c(F)cc(F)c1F. The van der Waals surface area contributed by atoms with Crippen LogP contribution in [0.2, 0.25) is 0 Å². The largest absolute Gasteiger partial charge is 0.389 e. The number of hydrogen-bond acceptors (Lipinski definition) is 1. The minimum Gasteiger partial charge on any atom is -0.389 e. The van der Waals surface area contributed by atoms with Crippen LogP contribution in [0.15, 0.2) is 6.07 Å². The number of benzene rings is 1. The van der Waals surface area contributed by atoms with E-state index in [-0.39, 0.29) is 6.07 Å². The molecule has 0 aliphatic rings. The highest BCUT2D eigenvalue weighted by Gasteiger charge is 2.20. The minimum absolute atomic E-state index is 0.0897. The van der Waals surface area contributed by atoms with Crippen molar-refractivity contribution >= 4 is 17.2 Å². The number of thiocarbonyl (C=S) groups is 1. The van der Waals surface area contributed by atoms with E-state index in [1.54, 1.807) is 0 Å². The van der Waals surface area contributed by atoms with Crippen molar-refractivity contribution in [1.82, 2.24) is 0 Å². The lowest BCUT2D eigenvalue weighted by atomic mass is 10.2. The summed E-state index contributed by atoms with van der Waals surface area (Å²) in [7, 11) is 0. The number of halogens is 4. The normalized spacial score (nSPS) is 10.2. The van der Waals surface area contributed by atoms with Gasteiger partial charge in [0.05, 0.1) is 5.56 Å². The van der Waals surface area contributed by atoms with E-state index in [1.807, 2.05) is 0 Å². The van der Waals surface area contributed by atoms with Gasteiger partial charge in [0, 0.05) is 6.07 Å². The smallest absolute Gasteiger partial charge is 0.172 e. The van der Waals surface area contributed by atoms with E-state index < -0.39 is 33.8 Å². The lowest BCUT2D eigenvalue weighted by Gasteiger charge is -2.03. The van der Waals surface area contributed by atoms with Gasteiger partial charge in [0.2, 0.25) is 0 Å². The average Bonchev–Trinajstić information content (AvgIpc) is 2.01. The van der Waals surface area contributed by atoms with Crippen LogP contribution >= 0.6 is 12.2 Å². The van der Waals surface area contributed by atoms with Crippen LogP contribution in [0, 0.1) is 23.3 Å². The zero-order valence-corrected chi connectivity index (χ0v) is 6.89. The molecule has 2 N–H and O–H groups in total. The second-order valence-electron chi connectivity index (χ2n) is 2.21. The number of rotatable bonds is 1. The van der Waals surface area contributed by atoms with Gasteiger partial charge in [-0.3, -0.25) is 0 Å². The Morgan fingerprint density at radius 1 is 1.08 bits per heavy atom. The first kappa shape index (κ1) is 9.91. The molecule has 1 rings (SSSR count). The Morgan fingerprint density at radius 2 is 1.46 bits per heavy atom. The highest BCUT2D eigenvalue weighted by atomic mass is 32.1. The van der Waals surface area contributed by atoms with Gasteiger partial charge < -0.3 is 5.73 Å². The molecule has 0 atom stereocenters. The second-order valence-corrected chi connectivity index (χ2v) is 2.65. The van der Waals surface area contributed by atoms with Gasteiger partial charge in [0.1, 0.15) is 4.99 Å². The Hall–Kier alpha value is -1.17. The van der Waals surface area contributed by atoms with Gasteiger partial charge in [0.15, 0.2) is 23.3 Å². The first-order valence-electron chi connectivity index (χ1n) is 3.08. The Labute approximate surface area is 76.2 Å². The quantitative estimate of drug-likeness (QED) is 0.434. The third-order valence-electron chi connectivity index (χ3n) is 1.36. The zero-order valence-electron chi connectivity index (χ0n) is 6.07. The van der Waals surface area contributed by atoms with Crippen LogP contribution in [-0.2, 0) is 0 Å². The maximum atomic E-state index is 12.7. The van der Waals surface area contributed by atoms with Crippen molar-refractivity contribution in [2.75, 3.05) is 0 Å². The molecule has 1 nitrogen and oxygen atoms in total. The second kappa shape index (κ2) is 3.29. The molecule has 1 aromatic carbocycles. The molecule has 0 unspecified atom stereocenters. The molecular formula is C7H3F4NS. The third kappa shape index (κ3) is 1.62. The van der Waals surface area contributed by atoms with E-state index >= 15 is 0 Å². The molecule has 13 heavy (non-hydrogen) atoms. The summed E-state index contributed by atoms with van der Waals surface area (Å²) in [6.07, 6.45) is 0. The fourth-order valence-electron chi connectivity index (χ4n) is 0.789. The fourth-order valence-corrected chi connectivity index (χ4v) is 0.969. The Morgan fingerprint density at radius 3 is 1.77 bits per heavy atom. The van der Waals surface area contributed by atoms with E-state index in [0.717, 1.165) is 0 Å². The summed E-state index contributed by atoms with van der Waals surface area (Å²) < 4.78 is 50.5. The molecule has 0 fully saturated rings. The standard InChI is InChI=1S/C7H3F4NS/c8-2-1-3(9)6(11)4(5(2)10)7(12)13/h1H,(H2,12,13). The first-order chi connectivity index (χ1) is 5.95. The molecule has 0 saturated heterocycles. The van der Waals surface area contributed by atoms with E-state index in [9.17, 15) is 17.6 Å². The molecule has 6 heteroatoms. The Bertz CT molecular complexity index is 351. The van der Waals surface area contributed by atoms with Crippen molar-refractivity contribution in [3.63, 3.8) is 0 Å². The van der Waals surface area contributed by atoms with Crippen LogP contribution in [0.3, 0.4) is 0 Å². The monoisotopic (exact) mass is 209 g/mol. The van der Waals surface area contributed by atoms with Gasteiger partial charge in [-0.05, 0) is 0 Å². The summed E-state index contributed by atoms with van der Waals surface area (Å²) in [6.45, 7) is 0. The highest BCUT2D eigenvalue weighted by molar-refractivity contribution is 7.80. The van der Waals surface area contributed by atoms with Gasteiger partial charge >= 0.3 is 0 Å². The molecule has 0 saturated carbocycles. The van der Waals surface area contributed by atoms with Gasteiger partial charge in [-0.15, -0.1) is 0 Å². The van der Waals surface area contributed by atoms with Gasteiger partial charge in [-0.25, -0.2) is 17.6 Å². The van der Waals surface area contributed by atoms with Crippen molar-refractivity contribution in [2.45, 2.75) is 0 Å². The van der Waals surface area contributed by atoms with E-state index in [0.29, 0.717) is 0 Å². The van der Waals surface area contributed by atoms with Crippen LogP contribution in [0.4, 0.5) is 17.6 Å². The van der Waals surface area contributed by atoms with Gasteiger partial charge in [-0.2, -0.15) is 0 Å². The number of hydrogen-bond donors (Lipinski definition) is 1. The molecular weight excluding hydrogens is 206 g/mol. The van der Waals surface area contributed by atoms with Gasteiger partial charge in [-0.1, -0.05) is 12.2 Å². The summed E-state index contributed by atoms with van der Waals surface area (Å²) >= 11 is 4.22. The predicted molar refractivity (Wildman–Crippen MR) is 42.2 cm³/mol. The van der Waals surface area contributed by atoms with E-state index in [2.05, 4.69) is 12.2 Å². The van der Waals surface area contributed by atoms with Crippen molar-refractivity contribution in [1.29, 1.82) is 0 Å². The van der Waals surface area contributed by atoms with Crippen molar-refractivity contribution in [2.24, 2.45) is 5.73 Å². The molecule has 0 amide bonds. The lowest BCUT2D eigenvalue weighted by Crippen LogP contribution is -2.16. The van der Waals surface area contributed by atoms with Crippen LogP contribution < -0.4 is 5.73 Å². The molecule has 0 aromatic heterocycles. The van der Waals surface area contributed by atoms with Gasteiger partial charge in [0.25, 0.3) is 0 Å². The molecule has 1 aromatic rings. The third-order valence-corrected chi connectivity index (χ3v) is 1.56. The van der Waals surface area contributed by atoms with E-state index in [4.69, 9.17) is 5.73 Å². The van der Waals surface area contributed by atoms with Crippen LogP contribution in [-0.4, -0.2) is 4.99 Å². The summed E-state index contributed by atoms with van der Waals surface area (Å²) in [4.78, 5) is -0.728. The maximum absolute atomic E-state index is 12.7. The van der Waals surface area contributed by atoms with Crippen molar-refractivity contribution < 1.29 is 17.6 Å². The number of nitrogens with two attached hydrogens (primary N) is 1. The highest BCUT2D eigenvalue weighted by Crippen LogP contribution is 2.18. The molecule has 0 bridgehead atoms. The topological polar surface area (TPSA) is 26.0 Å². The summed E-state index contributed by atoms with van der Waals surface area (Å²) in [5.41, 5.74) is 3.84. The average molecular weight is 209 g/mol. The van der Waals surface area contributed by atoms with Crippen molar-refractivity contribution in [3.8, 4) is 0 Å². The summed E-state index contributed by atoms with van der Waals surface area (Å²) in [5.74, 6) is -6.21. The molecule has 0 spiro atoms. The Kier molecular flexibility index (Phi) is 2.51. The van der Waals surface area contributed by atoms with Crippen LogP contribution in [0.5, 0.6) is 0 Å². The Balaban J connectivity index is 3.56. The summed E-state index contributed by atoms with van der Waals surface area (Å²) in [5, 5.41) is 0. The van der Waals surface area contributed by atoms with Crippen molar-refractivity contribution in [3.05, 3.63) is 34.9 Å². The lowest BCUT2D eigenvalue weighted by molar-refractivity contribution is 0.451.